The molecule has 8 nitrogen and oxygen atoms in total. The van der Waals surface area contributed by atoms with E-state index in [0.717, 1.165) is 25.3 Å². The Morgan fingerprint density at radius 3 is 2.68 bits per heavy atom. The van der Waals surface area contributed by atoms with Gasteiger partial charge < -0.3 is 19.7 Å². The number of aromatic nitrogens is 3. The van der Waals surface area contributed by atoms with Crippen molar-refractivity contribution in [3.8, 4) is 6.01 Å². The largest absolute Gasteiger partial charge is 0.467 e. The van der Waals surface area contributed by atoms with Crippen molar-refractivity contribution in [2.75, 3.05) is 25.1 Å². The molecule has 1 amide bonds. The Morgan fingerprint density at radius 2 is 2.09 bits per heavy atom. The van der Waals surface area contributed by atoms with Gasteiger partial charge in [-0.3, -0.25) is 4.57 Å². The molecule has 2 heterocycles. The van der Waals surface area contributed by atoms with Crippen molar-refractivity contribution in [2.24, 2.45) is 7.05 Å². The van der Waals surface area contributed by atoms with Crippen molar-refractivity contribution in [3.05, 3.63) is 0 Å². The number of carbonyl (C=O) groups is 1. The Hall–Kier alpha value is -1.99. The number of ether oxygens (including phenoxy) is 2. The molecule has 0 aliphatic carbocycles. The molecule has 1 aromatic rings. The molecule has 1 fully saturated rings. The van der Waals surface area contributed by atoms with E-state index < -0.39 is 5.60 Å². The van der Waals surface area contributed by atoms with Gasteiger partial charge in [-0.15, -0.1) is 5.10 Å². The summed E-state index contributed by atoms with van der Waals surface area (Å²) in [7, 11) is 3.43. The molecule has 0 bridgehead atoms. The molecule has 8 heteroatoms. The number of rotatable bonds is 3. The SMILES string of the molecule is COc1nnc(N2CCC[C@@H](NC(=O)OC(C)(C)C)C2)n1C. The fourth-order valence-electron chi connectivity index (χ4n) is 2.51. The van der Waals surface area contributed by atoms with Gasteiger partial charge in [0.05, 0.1) is 7.11 Å². The predicted molar refractivity (Wildman–Crippen MR) is 82.2 cm³/mol. The molecule has 0 radical (unpaired) electrons. The fourth-order valence-corrected chi connectivity index (χ4v) is 2.51. The van der Waals surface area contributed by atoms with E-state index in [1.54, 1.807) is 11.7 Å². The van der Waals surface area contributed by atoms with Crippen LogP contribution in [0.25, 0.3) is 0 Å². The van der Waals surface area contributed by atoms with Gasteiger partial charge in [0.1, 0.15) is 5.60 Å². The van der Waals surface area contributed by atoms with E-state index in [4.69, 9.17) is 9.47 Å². The zero-order chi connectivity index (χ0) is 16.3. The Kier molecular flexibility index (Phi) is 4.77. The third-order valence-corrected chi connectivity index (χ3v) is 3.42. The number of nitrogens with zero attached hydrogens (tertiary/aromatic N) is 4. The first-order valence-electron chi connectivity index (χ1n) is 7.48. The van der Waals surface area contributed by atoms with E-state index in [1.165, 1.54) is 0 Å². The summed E-state index contributed by atoms with van der Waals surface area (Å²) in [6.45, 7) is 7.11. The molecule has 124 valence electrons. The maximum absolute atomic E-state index is 11.9. The Balaban J connectivity index is 1.97. The van der Waals surface area contributed by atoms with Crippen LogP contribution in [-0.4, -0.2) is 52.7 Å². The van der Waals surface area contributed by atoms with Crippen molar-refractivity contribution >= 4 is 12.0 Å². The number of piperidine rings is 1. The van der Waals surface area contributed by atoms with E-state index in [1.807, 2.05) is 27.8 Å². The molecule has 1 aliphatic rings. The van der Waals surface area contributed by atoms with Crippen molar-refractivity contribution < 1.29 is 14.3 Å². The van der Waals surface area contributed by atoms with E-state index in [9.17, 15) is 4.79 Å². The molecular weight excluding hydrogens is 286 g/mol. The number of hydrogen-bond donors (Lipinski definition) is 1. The summed E-state index contributed by atoms with van der Waals surface area (Å²) in [6.07, 6.45) is 1.51. The molecule has 1 aromatic heterocycles. The summed E-state index contributed by atoms with van der Waals surface area (Å²) >= 11 is 0. The molecule has 0 saturated carbocycles. The first-order valence-corrected chi connectivity index (χ1v) is 7.48. The Labute approximate surface area is 130 Å². The maximum atomic E-state index is 11.9. The molecule has 1 atom stereocenters. The topological polar surface area (TPSA) is 81.5 Å². The van der Waals surface area contributed by atoms with E-state index in [0.29, 0.717) is 12.6 Å². The second-order valence-electron chi connectivity index (χ2n) is 6.48. The van der Waals surface area contributed by atoms with Gasteiger partial charge in [-0.05, 0) is 33.6 Å². The van der Waals surface area contributed by atoms with Crippen LogP contribution in [0.5, 0.6) is 6.01 Å². The van der Waals surface area contributed by atoms with Crippen molar-refractivity contribution in [1.29, 1.82) is 0 Å². The summed E-state index contributed by atoms with van der Waals surface area (Å²) < 4.78 is 12.2. The van der Waals surface area contributed by atoms with Crippen molar-refractivity contribution in [2.45, 2.75) is 45.3 Å². The third kappa shape index (κ3) is 4.02. The number of carbonyl (C=O) groups excluding carboxylic acids is 1. The van der Waals surface area contributed by atoms with Gasteiger partial charge in [-0.25, -0.2) is 4.79 Å². The van der Waals surface area contributed by atoms with Crippen LogP contribution in [0.4, 0.5) is 10.7 Å². The number of alkyl carbamates (subject to hydrolysis) is 1. The van der Waals surface area contributed by atoms with Crippen LogP contribution in [0.3, 0.4) is 0 Å². The monoisotopic (exact) mass is 311 g/mol. The lowest BCUT2D eigenvalue weighted by Crippen LogP contribution is -2.49. The lowest BCUT2D eigenvalue weighted by molar-refractivity contribution is 0.0500. The minimum atomic E-state index is -0.491. The number of anilines is 1. The van der Waals surface area contributed by atoms with E-state index >= 15 is 0 Å². The quantitative estimate of drug-likeness (QED) is 0.906. The van der Waals surface area contributed by atoms with Gasteiger partial charge in [0.15, 0.2) is 0 Å². The number of methoxy groups -OCH3 is 1. The van der Waals surface area contributed by atoms with Crippen LogP contribution in [-0.2, 0) is 11.8 Å². The first kappa shape index (κ1) is 16.4. The molecule has 0 spiro atoms. The highest BCUT2D eigenvalue weighted by Crippen LogP contribution is 2.21. The zero-order valence-electron chi connectivity index (χ0n) is 13.9. The average Bonchev–Trinajstić information content (AvgIpc) is 2.77. The second-order valence-corrected chi connectivity index (χ2v) is 6.48. The first-order chi connectivity index (χ1) is 10.3. The average molecular weight is 311 g/mol. The fraction of sp³-hybridized carbons (Fsp3) is 0.786. The predicted octanol–water partition coefficient (Wildman–Crippen LogP) is 1.32. The number of amides is 1. The molecule has 1 saturated heterocycles. The van der Waals surface area contributed by atoms with E-state index in [-0.39, 0.29) is 12.1 Å². The lowest BCUT2D eigenvalue weighted by atomic mass is 10.1. The molecule has 22 heavy (non-hydrogen) atoms. The van der Waals surface area contributed by atoms with Gasteiger partial charge >= 0.3 is 12.1 Å². The highest BCUT2D eigenvalue weighted by atomic mass is 16.6. The Bertz CT molecular complexity index is 523. The smallest absolute Gasteiger partial charge is 0.407 e. The molecular formula is C14H25N5O3. The Morgan fingerprint density at radius 1 is 1.36 bits per heavy atom. The molecule has 0 unspecified atom stereocenters. The van der Waals surface area contributed by atoms with Crippen LogP contribution in [0.1, 0.15) is 33.6 Å². The molecule has 2 rings (SSSR count). The lowest BCUT2D eigenvalue weighted by Gasteiger charge is -2.33. The van der Waals surface area contributed by atoms with Gasteiger partial charge in [0.25, 0.3) is 0 Å². The van der Waals surface area contributed by atoms with E-state index in [2.05, 4.69) is 20.4 Å². The normalized spacial score (nSPS) is 19.0. The standard InChI is InChI=1S/C14H25N5O3/c1-14(2,3)22-13(20)15-10-7-6-8-19(9-10)11-16-17-12(21-5)18(11)4/h10H,6-9H2,1-5H3,(H,15,20)/t10-/m1/s1. The number of hydrogen-bond acceptors (Lipinski definition) is 6. The minimum absolute atomic E-state index is 0.0336. The van der Waals surface area contributed by atoms with Gasteiger partial charge in [0, 0.05) is 26.2 Å². The summed E-state index contributed by atoms with van der Waals surface area (Å²) in [5, 5.41) is 11.1. The second kappa shape index (κ2) is 6.41. The summed E-state index contributed by atoms with van der Waals surface area (Å²) in [5.74, 6) is 0.743. The molecule has 1 aliphatic heterocycles. The van der Waals surface area contributed by atoms with Crippen LogP contribution in [0.2, 0.25) is 0 Å². The van der Waals surface area contributed by atoms with Crippen molar-refractivity contribution in [3.63, 3.8) is 0 Å². The van der Waals surface area contributed by atoms with Gasteiger partial charge in [-0.1, -0.05) is 5.10 Å². The van der Waals surface area contributed by atoms with Crippen LogP contribution in [0.15, 0.2) is 0 Å². The molecule has 1 N–H and O–H groups in total. The van der Waals surface area contributed by atoms with Gasteiger partial charge in [-0.2, -0.15) is 0 Å². The molecule has 0 aromatic carbocycles. The summed E-state index contributed by atoms with van der Waals surface area (Å²) in [6, 6.07) is 0.503. The zero-order valence-corrected chi connectivity index (χ0v) is 13.9. The van der Waals surface area contributed by atoms with Crippen LogP contribution >= 0.6 is 0 Å². The summed E-state index contributed by atoms with van der Waals surface area (Å²) in [4.78, 5) is 14.0. The maximum Gasteiger partial charge on any atom is 0.407 e. The highest BCUT2D eigenvalue weighted by molar-refractivity contribution is 5.68. The summed E-state index contributed by atoms with van der Waals surface area (Å²) in [5.41, 5.74) is -0.491. The number of nitrogens with one attached hydrogen (secondary N) is 1. The minimum Gasteiger partial charge on any atom is -0.467 e. The third-order valence-electron chi connectivity index (χ3n) is 3.42. The van der Waals surface area contributed by atoms with Crippen LogP contribution in [0, 0.1) is 0 Å². The van der Waals surface area contributed by atoms with Gasteiger partial charge in [0.2, 0.25) is 5.95 Å². The van der Waals surface area contributed by atoms with Crippen molar-refractivity contribution in [1.82, 2.24) is 20.1 Å². The highest BCUT2D eigenvalue weighted by Gasteiger charge is 2.26. The van der Waals surface area contributed by atoms with Crippen LogP contribution < -0.4 is 15.0 Å².